The Balaban J connectivity index is 4.22. The van der Waals surface area contributed by atoms with E-state index in [4.69, 9.17) is 14.2 Å². The number of likely N-dealkylation sites (N-methyl/N-ethyl adjacent to an activating group) is 1. The highest BCUT2D eigenvalue weighted by molar-refractivity contribution is 5.70. The van der Waals surface area contributed by atoms with Crippen molar-refractivity contribution in [2.45, 2.75) is 238 Å². The maximum absolute atomic E-state index is 12.8. The lowest BCUT2D eigenvalue weighted by molar-refractivity contribution is -0.889. The standard InChI is InChI=1S/C54H97NO7/c1-6-8-10-12-14-16-18-20-22-24-25-26-27-28-29-31-32-34-36-38-40-42-44-52(56)61-49-50(48-60-47-46-51(54(58)59)55(3,4)5)62-53(57)45-43-41-39-37-35-33-30-23-21-19-17-15-13-11-9-7-2/h8,10,14,16,20,22,25-26,50-51H,6-7,9,11-13,15,17-19,21,23-24,27-49H2,1-5H3/b10-8+,16-14+,22-20+,26-25+. The number of rotatable bonds is 46. The summed E-state index contributed by atoms with van der Waals surface area (Å²) in [6.45, 7) is 4.57. The van der Waals surface area contributed by atoms with Crippen LogP contribution in [0.4, 0.5) is 0 Å². The highest BCUT2D eigenvalue weighted by Gasteiger charge is 2.25. The number of esters is 2. The van der Waals surface area contributed by atoms with Crippen LogP contribution in [-0.2, 0) is 28.6 Å². The zero-order chi connectivity index (χ0) is 45.6. The van der Waals surface area contributed by atoms with Crippen molar-refractivity contribution >= 4 is 17.9 Å². The summed E-state index contributed by atoms with van der Waals surface area (Å²) in [6.07, 6.45) is 54.2. The Labute approximate surface area is 382 Å². The first-order valence-corrected chi connectivity index (χ1v) is 25.7. The van der Waals surface area contributed by atoms with Crippen LogP contribution in [-0.4, -0.2) is 75.5 Å². The number of nitrogens with zero attached hydrogens (tertiary/aromatic N) is 1. The smallest absolute Gasteiger partial charge is 0.306 e. The minimum atomic E-state index is -1.12. The van der Waals surface area contributed by atoms with Crippen molar-refractivity contribution in [3.05, 3.63) is 48.6 Å². The number of carbonyl (C=O) groups excluding carboxylic acids is 3. The van der Waals surface area contributed by atoms with Crippen LogP contribution in [0.2, 0.25) is 0 Å². The fraction of sp³-hybridized carbons (Fsp3) is 0.796. The molecule has 2 unspecified atom stereocenters. The molecule has 0 saturated heterocycles. The van der Waals surface area contributed by atoms with Crippen LogP contribution in [0.15, 0.2) is 48.6 Å². The first kappa shape index (κ1) is 59.3. The van der Waals surface area contributed by atoms with Crippen molar-refractivity contribution in [2.75, 3.05) is 41.0 Å². The van der Waals surface area contributed by atoms with Gasteiger partial charge < -0.3 is 28.6 Å². The molecule has 0 aliphatic rings. The molecule has 0 rings (SSSR count). The molecule has 0 bridgehead atoms. The fourth-order valence-electron chi connectivity index (χ4n) is 7.53. The van der Waals surface area contributed by atoms with Crippen molar-refractivity contribution in [1.29, 1.82) is 0 Å². The molecule has 0 aromatic carbocycles. The zero-order valence-electron chi connectivity index (χ0n) is 41.0. The van der Waals surface area contributed by atoms with Crippen LogP contribution in [0, 0.1) is 0 Å². The highest BCUT2D eigenvalue weighted by atomic mass is 16.6. The number of ether oxygens (including phenoxy) is 3. The number of hydrogen-bond donors (Lipinski definition) is 0. The minimum Gasteiger partial charge on any atom is -0.544 e. The molecule has 0 heterocycles. The van der Waals surface area contributed by atoms with Crippen molar-refractivity contribution in [3.8, 4) is 0 Å². The molecule has 0 aliphatic carbocycles. The van der Waals surface area contributed by atoms with E-state index in [0.29, 0.717) is 12.8 Å². The topological polar surface area (TPSA) is 102 Å². The van der Waals surface area contributed by atoms with Gasteiger partial charge in [0, 0.05) is 19.3 Å². The maximum Gasteiger partial charge on any atom is 0.306 e. The van der Waals surface area contributed by atoms with Gasteiger partial charge in [0.15, 0.2) is 6.10 Å². The van der Waals surface area contributed by atoms with Crippen molar-refractivity contribution in [2.24, 2.45) is 0 Å². The lowest BCUT2D eigenvalue weighted by Gasteiger charge is -2.34. The summed E-state index contributed by atoms with van der Waals surface area (Å²) in [5.41, 5.74) is 0. The molecule has 0 spiro atoms. The third-order valence-electron chi connectivity index (χ3n) is 11.5. The fourth-order valence-corrected chi connectivity index (χ4v) is 7.53. The average molecular weight is 872 g/mol. The molecule has 8 heteroatoms. The molecule has 2 atom stereocenters. The third-order valence-corrected chi connectivity index (χ3v) is 11.5. The monoisotopic (exact) mass is 872 g/mol. The summed E-state index contributed by atoms with van der Waals surface area (Å²) >= 11 is 0. The van der Waals surface area contributed by atoms with Gasteiger partial charge in [0.1, 0.15) is 12.6 Å². The first-order chi connectivity index (χ1) is 30.1. The van der Waals surface area contributed by atoms with E-state index in [1.54, 1.807) is 21.1 Å². The van der Waals surface area contributed by atoms with Gasteiger partial charge >= 0.3 is 11.9 Å². The minimum absolute atomic E-state index is 0.0410. The van der Waals surface area contributed by atoms with Gasteiger partial charge in [-0.1, -0.05) is 204 Å². The van der Waals surface area contributed by atoms with E-state index >= 15 is 0 Å². The predicted octanol–water partition coefficient (Wildman–Crippen LogP) is 13.4. The lowest BCUT2D eigenvalue weighted by Crippen LogP contribution is -2.55. The summed E-state index contributed by atoms with van der Waals surface area (Å²) < 4.78 is 17.2. The van der Waals surface area contributed by atoms with Gasteiger partial charge in [-0.15, -0.1) is 0 Å². The number of hydrogen-bond acceptors (Lipinski definition) is 7. The van der Waals surface area contributed by atoms with E-state index < -0.39 is 18.1 Å². The second-order valence-electron chi connectivity index (χ2n) is 18.4. The number of carboxylic acids is 1. The Hall–Kier alpha value is -2.71. The van der Waals surface area contributed by atoms with Gasteiger partial charge in [-0.3, -0.25) is 9.59 Å². The molecular formula is C54H97NO7. The van der Waals surface area contributed by atoms with E-state index in [1.807, 2.05) is 0 Å². The van der Waals surface area contributed by atoms with E-state index in [0.717, 1.165) is 70.6 Å². The molecule has 0 saturated carbocycles. The average Bonchev–Trinajstić information content (AvgIpc) is 3.23. The van der Waals surface area contributed by atoms with Gasteiger partial charge in [-0.05, 0) is 51.4 Å². The van der Waals surface area contributed by atoms with Gasteiger partial charge in [0.25, 0.3) is 0 Å². The van der Waals surface area contributed by atoms with Gasteiger partial charge in [-0.25, -0.2) is 0 Å². The molecule has 0 N–H and O–H groups in total. The SMILES string of the molecule is CC/C=C/C/C=C/C/C=C/C/C=C/CCCCCCCCCCCC(=O)OCC(COCCC(C(=O)[O-])[N+](C)(C)C)OC(=O)CCCCCCCCCCCCCCCCCC. The van der Waals surface area contributed by atoms with Crippen LogP contribution in [0.25, 0.3) is 0 Å². The molecule has 0 radical (unpaired) electrons. The van der Waals surface area contributed by atoms with E-state index in [9.17, 15) is 19.5 Å². The Bertz CT molecular complexity index is 1150. The number of allylic oxidation sites excluding steroid dienone is 8. The van der Waals surface area contributed by atoms with Crippen LogP contribution < -0.4 is 5.11 Å². The van der Waals surface area contributed by atoms with E-state index in [1.165, 1.54) is 122 Å². The van der Waals surface area contributed by atoms with Crippen LogP contribution in [0.1, 0.15) is 226 Å². The number of carboxylic acid groups (broad SMARTS) is 1. The normalized spacial score (nSPS) is 13.2. The molecule has 0 amide bonds. The van der Waals surface area contributed by atoms with E-state index in [-0.39, 0.29) is 42.7 Å². The van der Waals surface area contributed by atoms with Crippen molar-refractivity contribution in [3.63, 3.8) is 0 Å². The summed E-state index contributed by atoms with van der Waals surface area (Å²) in [6, 6.07) is -0.726. The van der Waals surface area contributed by atoms with Crippen LogP contribution in [0.3, 0.4) is 0 Å². The molecular weight excluding hydrogens is 775 g/mol. The summed E-state index contributed by atoms with van der Waals surface area (Å²) in [5.74, 6) is -1.73. The Kier molecular flexibility index (Phi) is 42.9. The number of unbranched alkanes of at least 4 members (excludes halogenated alkanes) is 24. The van der Waals surface area contributed by atoms with Crippen molar-refractivity contribution < 1.29 is 38.2 Å². The van der Waals surface area contributed by atoms with Gasteiger partial charge in [0.05, 0.1) is 40.3 Å². The molecule has 0 aliphatic heterocycles. The first-order valence-electron chi connectivity index (χ1n) is 25.7. The maximum atomic E-state index is 12.8. The quantitative estimate of drug-likeness (QED) is 0.0260. The van der Waals surface area contributed by atoms with Gasteiger partial charge in [0.2, 0.25) is 0 Å². The molecule has 62 heavy (non-hydrogen) atoms. The zero-order valence-corrected chi connectivity index (χ0v) is 41.0. The Morgan fingerprint density at radius 1 is 0.500 bits per heavy atom. The second-order valence-corrected chi connectivity index (χ2v) is 18.4. The second kappa shape index (κ2) is 44.9. The largest absolute Gasteiger partial charge is 0.544 e. The Morgan fingerprint density at radius 3 is 1.34 bits per heavy atom. The number of carbonyl (C=O) groups is 3. The molecule has 0 aromatic rings. The molecule has 0 fully saturated rings. The molecule has 8 nitrogen and oxygen atoms in total. The van der Waals surface area contributed by atoms with E-state index in [2.05, 4.69) is 62.5 Å². The predicted molar refractivity (Wildman–Crippen MR) is 259 cm³/mol. The highest BCUT2D eigenvalue weighted by Crippen LogP contribution is 2.16. The Morgan fingerprint density at radius 2 is 0.903 bits per heavy atom. The third kappa shape index (κ3) is 42.6. The lowest BCUT2D eigenvalue weighted by atomic mass is 10.0. The van der Waals surface area contributed by atoms with Crippen LogP contribution in [0.5, 0.6) is 0 Å². The van der Waals surface area contributed by atoms with Gasteiger partial charge in [-0.2, -0.15) is 0 Å². The molecule has 360 valence electrons. The number of quaternary nitrogens is 1. The molecule has 0 aromatic heterocycles. The van der Waals surface area contributed by atoms with Crippen LogP contribution >= 0.6 is 0 Å². The number of aliphatic carboxylic acids is 1. The summed E-state index contributed by atoms with van der Waals surface area (Å²) in [7, 11) is 5.42. The summed E-state index contributed by atoms with van der Waals surface area (Å²) in [4.78, 5) is 37.0. The van der Waals surface area contributed by atoms with Crippen molar-refractivity contribution in [1.82, 2.24) is 0 Å². The summed E-state index contributed by atoms with van der Waals surface area (Å²) in [5, 5.41) is 11.7.